The second-order valence-electron chi connectivity index (χ2n) is 5.68. The second kappa shape index (κ2) is 5.70. The molecule has 1 fully saturated rings. The number of hydrogen-bond donors (Lipinski definition) is 0. The molecule has 6 heteroatoms. The Bertz CT molecular complexity index is 829. The standard InChI is InChI=1S/C16H17N3O2S/c20-16-14-9-13(15-4-2-8-22-15)17-19(14)6-5-18(16)10-12-3-1-7-21-11-12/h2,4-6,8-9,12H,1,3,7,10-11H2. The molecular formula is C16H17N3O2S. The Morgan fingerprint density at radius 2 is 2.36 bits per heavy atom. The highest BCUT2D eigenvalue weighted by atomic mass is 32.1. The molecule has 1 atom stereocenters. The van der Waals surface area contributed by atoms with Crippen LogP contribution in [0.1, 0.15) is 12.8 Å². The molecule has 0 N–H and O–H groups in total. The molecule has 4 rings (SSSR count). The zero-order valence-electron chi connectivity index (χ0n) is 12.1. The molecule has 0 aromatic carbocycles. The minimum absolute atomic E-state index is 0.0170. The van der Waals surface area contributed by atoms with Gasteiger partial charge in [0.25, 0.3) is 5.56 Å². The van der Waals surface area contributed by atoms with Crippen LogP contribution in [0, 0.1) is 5.92 Å². The molecule has 114 valence electrons. The van der Waals surface area contributed by atoms with Gasteiger partial charge < -0.3 is 9.30 Å². The maximum Gasteiger partial charge on any atom is 0.276 e. The van der Waals surface area contributed by atoms with E-state index in [1.807, 2.05) is 36.0 Å². The van der Waals surface area contributed by atoms with Crippen molar-refractivity contribution in [3.8, 4) is 10.6 Å². The van der Waals surface area contributed by atoms with Crippen molar-refractivity contribution in [3.63, 3.8) is 0 Å². The molecule has 0 spiro atoms. The first-order chi connectivity index (χ1) is 10.8. The summed E-state index contributed by atoms with van der Waals surface area (Å²) in [6.45, 7) is 2.31. The molecule has 3 aromatic heterocycles. The van der Waals surface area contributed by atoms with Crippen molar-refractivity contribution in [3.05, 3.63) is 46.3 Å². The second-order valence-corrected chi connectivity index (χ2v) is 6.62. The molecule has 0 saturated carbocycles. The summed E-state index contributed by atoms with van der Waals surface area (Å²) in [7, 11) is 0. The summed E-state index contributed by atoms with van der Waals surface area (Å²) in [6.07, 6.45) is 5.89. The van der Waals surface area contributed by atoms with Gasteiger partial charge in [-0.05, 0) is 30.4 Å². The number of ether oxygens (including phenoxy) is 1. The van der Waals surface area contributed by atoms with E-state index in [0.717, 1.165) is 43.2 Å². The van der Waals surface area contributed by atoms with Gasteiger partial charge in [0.15, 0.2) is 0 Å². The van der Waals surface area contributed by atoms with Crippen LogP contribution < -0.4 is 5.56 Å². The molecule has 1 aliphatic rings. The maximum atomic E-state index is 12.6. The summed E-state index contributed by atoms with van der Waals surface area (Å²) in [4.78, 5) is 13.7. The van der Waals surface area contributed by atoms with E-state index in [1.54, 1.807) is 20.4 Å². The van der Waals surface area contributed by atoms with E-state index in [9.17, 15) is 4.79 Å². The fourth-order valence-corrected chi connectivity index (χ4v) is 3.63. The van der Waals surface area contributed by atoms with Crippen LogP contribution in [0.3, 0.4) is 0 Å². The van der Waals surface area contributed by atoms with Crippen molar-refractivity contribution in [2.75, 3.05) is 13.2 Å². The third kappa shape index (κ3) is 2.48. The number of aromatic nitrogens is 3. The van der Waals surface area contributed by atoms with Gasteiger partial charge in [-0.3, -0.25) is 4.79 Å². The lowest BCUT2D eigenvalue weighted by atomic mass is 10.0. The molecular weight excluding hydrogens is 298 g/mol. The summed E-state index contributed by atoms with van der Waals surface area (Å²) in [6, 6.07) is 5.89. The molecule has 4 heterocycles. The first-order valence-corrected chi connectivity index (χ1v) is 8.40. The van der Waals surface area contributed by atoms with Gasteiger partial charge in [-0.15, -0.1) is 11.3 Å². The van der Waals surface area contributed by atoms with Gasteiger partial charge in [0, 0.05) is 31.5 Å². The molecule has 0 radical (unpaired) electrons. The van der Waals surface area contributed by atoms with Crippen LogP contribution in [0.4, 0.5) is 0 Å². The average Bonchev–Trinajstić information content (AvgIpc) is 3.20. The van der Waals surface area contributed by atoms with E-state index < -0.39 is 0 Å². The van der Waals surface area contributed by atoms with E-state index in [-0.39, 0.29) is 5.56 Å². The van der Waals surface area contributed by atoms with Crippen LogP contribution >= 0.6 is 11.3 Å². The van der Waals surface area contributed by atoms with Gasteiger partial charge in [0.05, 0.1) is 11.5 Å². The topological polar surface area (TPSA) is 48.5 Å². The summed E-state index contributed by atoms with van der Waals surface area (Å²) in [5, 5.41) is 6.51. The SMILES string of the molecule is O=c1c2cc(-c3cccs3)nn2ccn1CC1CCCOC1. The molecule has 0 bridgehead atoms. The molecule has 22 heavy (non-hydrogen) atoms. The largest absolute Gasteiger partial charge is 0.381 e. The Labute approximate surface area is 131 Å². The van der Waals surface area contributed by atoms with E-state index in [0.29, 0.717) is 11.4 Å². The average molecular weight is 315 g/mol. The Balaban J connectivity index is 1.69. The zero-order valence-corrected chi connectivity index (χ0v) is 13.0. The third-order valence-corrected chi connectivity index (χ3v) is 4.98. The third-order valence-electron chi connectivity index (χ3n) is 4.09. The van der Waals surface area contributed by atoms with Crippen molar-refractivity contribution in [1.29, 1.82) is 0 Å². The minimum Gasteiger partial charge on any atom is -0.381 e. The van der Waals surface area contributed by atoms with E-state index in [2.05, 4.69) is 5.10 Å². The highest BCUT2D eigenvalue weighted by Gasteiger charge is 2.16. The number of fused-ring (bicyclic) bond motifs is 1. The van der Waals surface area contributed by atoms with Crippen molar-refractivity contribution in [2.24, 2.45) is 5.92 Å². The van der Waals surface area contributed by atoms with Crippen molar-refractivity contribution < 1.29 is 4.74 Å². The van der Waals surface area contributed by atoms with E-state index in [1.165, 1.54) is 0 Å². The Kier molecular flexibility index (Phi) is 3.56. The normalized spacial score (nSPS) is 18.8. The van der Waals surface area contributed by atoms with Crippen molar-refractivity contribution in [2.45, 2.75) is 19.4 Å². The fraction of sp³-hybridized carbons (Fsp3) is 0.375. The highest BCUT2D eigenvalue weighted by molar-refractivity contribution is 7.13. The molecule has 1 aliphatic heterocycles. The van der Waals surface area contributed by atoms with Crippen LogP contribution in [0.5, 0.6) is 0 Å². The maximum absolute atomic E-state index is 12.6. The Morgan fingerprint density at radius 1 is 1.41 bits per heavy atom. The van der Waals surface area contributed by atoms with Gasteiger partial charge in [-0.1, -0.05) is 6.07 Å². The van der Waals surface area contributed by atoms with Gasteiger partial charge in [0.1, 0.15) is 11.2 Å². The van der Waals surface area contributed by atoms with Gasteiger partial charge >= 0.3 is 0 Å². The van der Waals surface area contributed by atoms with Crippen LogP contribution in [0.25, 0.3) is 16.1 Å². The van der Waals surface area contributed by atoms with Crippen LogP contribution in [0.2, 0.25) is 0 Å². The van der Waals surface area contributed by atoms with Crippen LogP contribution in [-0.4, -0.2) is 27.4 Å². The number of nitrogens with zero attached hydrogens (tertiary/aromatic N) is 3. The summed E-state index contributed by atoms with van der Waals surface area (Å²) in [5.41, 5.74) is 1.50. The summed E-state index contributed by atoms with van der Waals surface area (Å²) >= 11 is 1.63. The molecule has 5 nitrogen and oxygen atoms in total. The number of hydrogen-bond acceptors (Lipinski definition) is 4. The molecule has 3 aromatic rings. The van der Waals surface area contributed by atoms with Crippen LogP contribution in [0.15, 0.2) is 40.8 Å². The lowest BCUT2D eigenvalue weighted by Gasteiger charge is -2.22. The molecule has 0 aliphatic carbocycles. The molecule has 1 unspecified atom stereocenters. The quantitative estimate of drug-likeness (QED) is 0.746. The van der Waals surface area contributed by atoms with E-state index in [4.69, 9.17) is 4.74 Å². The molecule has 0 amide bonds. The predicted octanol–water partition coefficient (Wildman–Crippen LogP) is 2.65. The van der Waals surface area contributed by atoms with Crippen LogP contribution in [-0.2, 0) is 11.3 Å². The lowest BCUT2D eigenvalue weighted by Crippen LogP contribution is -2.28. The predicted molar refractivity (Wildman–Crippen MR) is 86.3 cm³/mol. The Morgan fingerprint density at radius 3 is 3.14 bits per heavy atom. The summed E-state index contributed by atoms with van der Waals surface area (Å²) in [5.74, 6) is 0.425. The van der Waals surface area contributed by atoms with Crippen molar-refractivity contribution in [1.82, 2.24) is 14.2 Å². The lowest BCUT2D eigenvalue weighted by molar-refractivity contribution is 0.0480. The van der Waals surface area contributed by atoms with Gasteiger partial charge in [0.2, 0.25) is 0 Å². The summed E-state index contributed by atoms with van der Waals surface area (Å²) < 4.78 is 8.96. The highest BCUT2D eigenvalue weighted by Crippen LogP contribution is 2.23. The smallest absolute Gasteiger partial charge is 0.276 e. The monoisotopic (exact) mass is 315 g/mol. The first-order valence-electron chi connectivity index (χ1n) is 7.52. The zero-order chi connectivity index (χ0) is 14.9. The van der Waals surface area contributed by atoms with Gasteiger partial charge in [-0.25, -0.2) is 4.52 Å². The minimum atomic E-state index is 0.0170. The van der Waals surface area contributed by atoms with E-state index >= 15 is 0 Å². The number of rotatable bonds is 3. The Hall–Kier alpha value is -1.92. The van der Waals surface area contributed by atoms with Gasteiger partial charge in [-0.2, -0.15) is 5.10 Å². The number of thiophene rings is 1. The fourth-order valence-electron chi connectivity index (χ4n) is 2.94. The van der Waals surface area contributed by atoms with Crippen molar-refractivity contribution >= 4 is 16.9 Å². The first kappa shape index (κ1) is 13.7. The molecule has 1 saturated heterocycles.